The van der Waals surface area contributed by atoms with Gasteiger partial charge in [-0.1, -0.05) is 13.3 Å². The maximum Gasteiger partial charge on any atom is 0.329 e. The molecule has 1 heterocycles. The summed E-state index contributed by atoms with van der Waals surface area (Å²) < 4.78 is 15.0. The van der Waals surface area contributed by atoms with Crippen molar-refractivity contribution in [2.75, 3.05) is 0 Å². The Morgan fingerprint density at radius 3 is 2.78 bits per heavy atom. The summed E-state index contributed by atoms with van der Waals surface area (Å²) in [6.45, 7) is 3.61. The van der Waals surface area contributed by atoms with E-state index in [1.54, 1.807) is 23.8 Å². The van der Waals surface area contributed by atoms with E-state index in [1.165, 1.54) is 12.1 Å². The van der Waals surface area contributed by atoms with Crippen LogP contribution in [0.2, 0.25) is 0 Å². The fourth-order valence-corrected chi connectivity index (χ4v) is 2.35. The fourth-order valence-electron chi connectivity index (χ4n) is 2.35. The third kappa shape index (κ3) is 1.88. The number of hydrogen-bond donors (Lipinski definition) is 1. The number of hydrogen-bond acceptors (Lipinski definition) is 1. The number of carbonyl (C=O) groups is 1. The van der Waals surface area contributed by atoms with Gasteiger partial charge in [0.25, 0.3) is 0 Å². The normalized spacial score (nSPS) is 14.6. The molecule has 0 aliphatic carbocycles. The van der Waals surface area contributed by atoms with E-state index in [9.17, 15) is 14.3 Å². The Balaban J connectivity index is 2.64. The van der Waals surface area contributed by atoms with Gasteiger partial charge in [0.05, 0.1) is 5.52 Å². The molecule has 0 bridgehead atoms. The second kappa shape index (κ2) is 4.44. The van der Waals surface area contributed by atoms with Gasteiger partial charge < -0.3 is 9.67 Å². The van der Waals surface area contributed by atoms with Gasteiger partial charge in [-0.15, -0.1) is 0 Å². The van der Waals surface area contributed by atoms with Crippen LogP contribution in [0.15, 0.2) is 30.5 Å². The first-order chi connectivity index (χ1) is 8.49. The number of halogens is 1. The van der Waals surface area contributed by atoms with E-state index < -0.39 is 11.5 Å². The first-order valence-electron chi connectivity index (χ1n) is 5.99. The third-order valence-electron chi connectivity index (χ3n) is 3.38. The molecule has 96 valence electrons. The fraction of sp³-hybridized carbons (Fsp3) is 0.357. The molecule has 2 aromatic rings. The molecule has 1 unspecified atom stereocenters. The number of benzene rings is 1. The molecule has 0 saturated heterocycles. The molecule has 3 nitrogen and oxygen atoms in total. The molecular formula is C14H16FNO2. The van der Waals surface area contributed by atoms with E-state index in [0.29, 0.717) is 11.9 Å². The predicted molar refractivity (Wildman–Crippen MR) is 68.1 cm³/mol. The average molecular weight is 249 g/mol. The molecule has 0 aliphatic heterocycles. The van der Waals surface area contributed by atoms with Gasteiger partial charge in [-0.3, -0.25) is 0 Å². The van der Waals surface area contributed by atoms with Gasteiger partial charge in [-0.25, -0.2) is 9.18 Å². The largest absolute Gasteiger partial charge is 0.479 e. The molecule has 0 fully saturated rings. The lowest BCUT2D eigenvalue weighted by Gasteiger charge is -2.27. The lowest BCUT2D eigenvalue weighted by Crippen LogP contribution is -2.38. The second-order valence-corrected chi connectivity index (χ2v) is 4.72. The van der Waals surface area contributed by atoms with E-state index in [-0.39, 0.29) is 5.82 Å². The zero-order chi connectivity index (χ0) is 13.3. The molecular weight excluding hydrogens is 233 g/mol. The Labute approximate surface area is 105 Å². The molecule has 0 spiro atoms. The molecule has 1 N–H and O–H groups in total. The molecule has 0 amide bonds. The van der Waals surface area contributed by atoms with Crippen LogP contribution in [-0.4, -0.2) is 15.6 Å². The van der Waals surface area contributed by atoms with Crippen LogP contribution in [0.3, 0.4) is 0 Å². The summed E-state index contributed by atoms with van der Waals surface area (Å²) in [4.78, 5) is 11.5. The molecule has 18 heavy (non-hydrogen) atoms. The van der Waals surface area contributed by atoms with Gasteiger partial charge in [0.2, 0.25) is 0 Å². The van der Waals surface area contributed by atoms with Crippen molar-refractivity contribution in [1.82, 2.24) is 4.57 Å². The first-order valence-corrected chi connectivity index (χ1v) is 5.99. The second-order valence-electron chi connectivity index (χ2n) is 4.72. The summed E-state index contributed by atoms with van der Waals surface area (Å²) in [5.74, 6) is -1.25. The van der Waals surface area contributed by atoms with Crippen LogP contribution in [0.4, 0.5) is 4.39 Å². The van der Waals surface area contributed by atoms with Crippen molar-refractivity contribution in [2.45, 2.75) is 32.2 Å². The van der Waals surface area contributed by atoms with E-state index in [2.05, 4.69) is 0 Å². The van der Waals surface area contributed by atoms with Crippen LogP contribution in [0.25, 0.3) is 10.9 Å². The van der Waals surface area contributed by atoms with Crippen LogP contribution in [-0.2, 0) is 10.3 Å². The number of aliphatic carboxylic acids is 1. The molecule has 4 heteroatoms. The van der Waals surface area contributed by atoms with Gasteiger partial charge in [0, 0.05) is 6.20 Å². The zero-order valence-electron chi connectivity index (χ0n) is 10.5. The minimum atomic E-state index is -1.04. The number of rotatable bonds is 4. The predicted octanol–water partition coefficient (Wildman–Crippen LogP) is 3.38. The molecule has 1 atom stereocenters. The molecule has 1 aromatic carbocycles. The average Bonchev–Trinajstić information content (AvgIpc) is 2.72. The highest BCUT2D eigenvalue weighted by atomic mass is 19.1. The molecule has 0 saturated carbocycles. The molecule has 0 aliphatic rings. The van der Waals surface area contributed by atoms with E-state index in [0.717, 1.165) is 11.8 Å². The Morgan fingerprint density at radius 2 is 2.17 bits per heavy atom. The highest BCUT2D eigenvalue weighted by Crippen LogP contribution is 2.29. The van der Waals surface area contributed by atoms with Crippen LogP contribution >= 0.6 is 0 Å². The maximum atomic E-state index is 13.3. The Kier molecular flexibility index (Phi) is 3.11. The number of aromatic nitrogens is 1. The monoisotopic (exact) mass is 249 g/mol. The lowest BCUT2D eigenvalue weighted by molar-refractivity contribution is -0.146. The Morgan fingerprint density at radius 1 is 1.44 bits per heavy atom. The van der Waals surface area contributed by atoms with E-state index in [4.69, 9.17) is 0 Å². The number of fused-ring (bicyclic) bond motifs is 1. The standard InChI is InChI=1S/C14H16FNO2/c1-3-7-14(2,13(17)18)16-8-6-10-4-5-11(15)9-12(10)16/h4-6,8-9H,3,7H2,1-2H3,(H,17,18). The quantitative estimate of drug-likeness (QED) is 0.902. The highest BCUT2D eigenvalue weighted by Gasteiger charge is 2.34. The molecule has 1 aromatic heterocycles. The number of carboxylic acid groups (broad SMARTS) is 1. The van der Waals surface area contributed by atoms with Crippen molar-refractivity contribution in [2.24, 2.45) is 0 Å². The topological polar surface area (TPSA) is 42.2 Å². The van der Waals surface area contributed by atoms with E-state index in [1.807, 2.05) is 13.0 Å². The zero-order valence-corrected chi connectivity index (χ0v) is 10.5. The summed E-state index contributed by atoms with van der Waals surface area (Å²) in [6, 6.07) is 6.23. The maximum absolute atomic E-state index is 13.3. The van der Waals surface area contributed by atoms with Crippen LogP contribution in [0.5, 0.6) is 0 Å². The van der Waals surface area contributed by atoms with E-state index >= 15 is 0 Å². The Hall–Kier alpha value is -1.84. The summed E-state index contributed by atoms with van der Waals surface area (Å²) in [6.07, 6.45) is 2.97. The van der Waals surface area contributed by atoms with Gasteiger partial charge in [0.15, 0.2) is 0 Å². The summed E-state index contributed by atoms with van der Waals surface area (Å²) >= 11 is 0. The van der Waals surface area contributed by atoms with Crippen molar-refractivity contribution in [3.63, 3.8) is 0 Å². The molecule has 2 rings (SSSR count). The summed E-state index contributed by atoms with van der Waals surface area (Å²) in [7, 11) is 0. The van der Waals surface area contributed by atoms with Crippen molar-refractivity contribution < 1.29 is 14.3 Å². The number of carboxylic acids is 1. The lowest BCUT2D eigenvalue weighted by atomic mass is 9.95. The van der Waals surface area contributed by atoms with Gasteiger partial charge in [-0.05, 0) is 43.0 Å². The third-order valence-corrected chi connectivity index (χ3v) is 3.38. The van der Waals surface area contributed by atoms with Crippen molar-refractivity contribution in [1.29, 1.82) is 0 Å². The van der Waals surface area contributed by atoms with Gasteiger partial charge in [0.1, 0.15) is 11.4 Å². The minimum Gasteiger partial charge on any atom is -0.479 e. The van der Waals surface area contributed by atoms with Gasteiger partial charge >= 0.3 is 5.97 Å². The van der Waals surface area contributed by atoms with Crippen LogP contribution in [0, 0.1) is 5.82 Å². The van der Waals surface area contributed by atoms with Gasteiger partial charge in [-0.2, -0.15) is 0 Å². The minimum absolute atomic E-state index is 0.355. The van der Waals surface area contributed by atoms with Crippen molar-refractivity contribution >= 4 is 16.9 Å². The Bertz CT molecular complexity index is 590. The van der Waals surface area contributed by atoms with Crippen molar-refractivity contribution in [3.8, 4) is 0 Å². The SMILES string of the molecule is CCCC(C)(C(=O)O)n1ccc2ccc(F)cc21. The van der Waals surface area contributed by atoms with Crippen LogP contribution < -0.4 is 0 Å². The van der Waals surface area contributed by atoms with Crippen LogP contribution in [0.1, 0.15) is 26.7 Å². The molecule has 0 radical (unpaired) electrons. The number of nitrogens with zero attached hydrogens (tertiary/aromatic N) is 1. The summed E-state index contributed by atoms with van der Waals surface area (Å²) in [5, 5.41) is 10.3. The smallest absolute Gasteiger partial charge is 0.329 e. The van der Waals surface area contributed by atoms with Crippen molar-refractivity contribution in [3.05, 3.63) is 36.3 Å². The first kappa shape index (κ1) is 12.6. The summed E-state index contributed by atoms with van der Waals surface area (Å²) in [5.41, 5.74) is -0.419. The highest BCUT2D eigenvalue weighted by molar-refractivity contribution is 5.84.